The first-order valence-corrected chi connectivity index (χ1v) is 9.04. The maximum Gasteiger partial charge on any atom is 0.124 e. The smallest absolute Gasteiger partial charge is 0.124 e. The largest absolute Gasteiger partial charge is 0.497 e. The number of anilines is 1. The molecule has 6 heteroatoms. The summed E-state index contributed by atoms with van der Waals surface area (Å²) in [5, 5.41) is 4.28. The molecule has 0 saturated heterocycles. The fraction of sp³-hybridized carbons (Fsp3) is 0.143. The number of ether oxygens (including phenoxy) is 2. The van der Waals surface area contributed by atoms with Crippen molar-refractivity contribution in [3.8, 4) is 11.5 Å². The molecule has 0 saturated carbocycles. The molecule has 0 aliphatic heterocycles. The zero-order valence-corrected chi connectivity index (χ0v) is 16.1. The van der Waals surface area contributed by atoms with Crippen LogP contribution >= 0.6 is 23.2 Å². The normalized spacial score (nSPS) is 10.5. The zero-order chi connectivity index (χ0) is 19.2. The van der Waals surface area contributed by atoms with Crippen LogP contribution in [-0.2, 0) is 13.2 Å². The van der Waals surface area contributed by atoms with Crippen molar-refractivity contribution in [3.63, 3.8) is 0 Å². The highest BCUT2D eigenvalue weighted by Gasteiger charge is 2.08. The summed E-state index contributed by atoms with van der Waals surface area (Å²) in [5.74, 6) is 1.10. The molecule has 1 N–H and O–H groups in total. The molecule has 0 heterocycles. The molecule has 3 aromatic carbocycles. The molecular formula is C21H18Cl2FNO2. The van der Waals surface area contributed by atoms with E-state index < -0.39 is 0 Å². The lowest BCUT2D eigenvalue weighted by atomic mass is 10.2. The molecule has 0 fully saturated rings. The van der Waals surface area contributed by atoms with Crippen LogP contribution in [-0.4, -0.2) is 7.11 Å². The minimum Gasteiger partial charge on any atom is -0.497 e. The van der Waals surface area contributed by atoms with Crippen LogP contribution in [0, 0.1) is 5.82 Å². The molecule has 0 aromatic heterocycles. The van der Waals surface area contributed by atoms with E-state index in [1.165, 1.54) is 12.1 Å². The van der Waals surface area contributed by atoms with Gasteiger partial charge in [-0.1, -0.05) is 29.3 Å². The third kappa shape index (κ3) is 5.28. The van der Waals surface area contributed by atoms with E-state index in [1.807, 2.05) is 36.4 Å². The summed E-state index contributed by atoms with van der Waals surface area (Å²) < 4.78 is 24.2. The average molecular weight is 406 g/mol. The molecular weight excluding hydrogens is 388 g/mol. The highest BCUT2D eigenvalue weighted by molar-refractivity contribution is 6.31. The Bertz CT molecular complexity index is 917. The van der Waals surface area contributed by atoms with Gasteiger partial charge < -0.3 is 14.8 Å². The summed E-state index contributed by atoms with van der Waals surface area (Å²) in [5.41, 5.74) is 2.56. The van der Waals surface area contributed by atoms with E-state index in [1.54, 1.807) is 19.2 Å². The number of halogens is 3. The Kier molecular flexibility index (Phi) is 6.43. The van der Waals surface area contributed by atoms with Gasteiger partial charge in [-0.25, -0.2) is 4.39 Å². The van der Waals surface area contributed by atoms with Crippen molar-refractivity contribution < 1.29 is 13.9 Å². The topological polar surface area (TPSA) is 30.5 Å². The van der Waals surface area contributed by atoms with Gasteiger partial charge in [0, 0.05) is 28.4 Å². The molecule has 0 aliphatic carbocycles. The lowest BCUT2D eigenvalue weighted by Gasteiger charge is -2.14. The maximum atomic E-state index is 13.2. The van der Waals surface area contributed by atoms with Crippen LogP contribution < -0.4 is 14.8 Å². The van der Waals surface area contributed by atoms with Crippen LogP contribution in [0.4, 0.5) is 10.1 Å². The van der Waals surface area contributed by atoms with Crippen LogP contribution in [0.3, 0.4) is 0 Å². The van der Waals surface area contributed by atoms with Crippen LogP contribution in [0.5, 0.6) is 11.5 Å². The number of hydrogen-bond donors (Lipinski definition) is 1. The van der Waals surface area contributed by atoms with E-state index in [-0.39, 0.29) is 12.4 Å². The van der Waals surface area contributed by atoms with Gasteiger partial charge in [-0.15, -0.1) is 0 Å². The monoisotopic (exact) mass is 405 g/mol. The van der Waals surface area contributed by atoms with Crippen LogP contribution in [0.1, 0.15) is 11.1 Å². The first-order valence-electron chi connectivity index (χ1n) is 8.28. The van der Waals surface area contributed by atoms with E-state index in [9.17, 15) is 4.39 Å². The van der Waals surface area contributed by atoms with E-state index in [0.29, 0.717) is 27.9 Å². The molecule has 0 radical (unpaired) electrons. The molecule has 0 amide bonds. The highest BCUT2D eigenvalue weighted by atomic mass is 35.5. The van der Waals surface area contributed by atoms with E-state index >= 15 is 0 Å². The summed E-state index contributed by atoms with van der Waals surface area (Å²) >= 11 is 12.2. The number of nitrogens with one attached hydrogen (secondary N) is 1. The predicted molar refractivity (Wildman–Crippen MR) is 108 cm³/mol. The van der Waals surface area contributed by atoms with Gasteiger partial charge >= 0.3 is 0 Å². The zero-order valence-electron chi connectivity index (χ0n) is 14.6. The second-order valence-corrected chi connectivity index (χ2v) is 6.70. The van der Waals surface area contributed by atoms with Crippen LogP contribution in [0.15, 0.2) is 60.7 Å². The quantitative estimate of drug-likeness (QED) is 0.497. The number of rotatable bonds is 7. The molecule has 0 spiro atoms. The minimum absolute atomic E-state index is 0.232. The summed E-state index contributed by atoms with van der Waals surface area (Å²) in [6.45, 7) is 0.760. The SMILES string of the molecule is COc1ccc(NCc2cc(Cl)ccc2OCc2ccc(F)cc2Cl)cc1. The maximum absolute atomic E-state index is 13.2. The first kappa shape index (κ1) is 19.3. The van der Waals surface area contributed by atoms with Gasteiger partial charge in [0.05, 0.1) is 12.1 Å². The highest BCUT2D eigenvalue weighted by Crippen LogP contribution is 2.27. The lowest BCUT2D eigenvalue weighted by molar-refractivity contribution is 0.303. The van der Waals surface area contributed by atoms with Crippen molar-refractivity contribution in [1.82, 2.24) is 0 Å². The van der Waals surface area contributed by atoms with Gasteiger partial charge in [-0.3, -0.25) is 0 Å². The fourth-order valence-electron chi connectivity index (χ4n) is 2.53. The summed E-state index contributed by atoms with van der Waals surface area (Å²) in [4.78, 5) is 0. The average Bonchev–Trinajstić information content (AvgIpc) is 2.67. The van der Waals surface area contributed by atoms with Gasteiger partial charge in [0.25, 0.3) is 0 Å². The van der Waals surface area contributed by atoms with Gasteiger partial charge in [-0.2, -0.15) is 0 Å². The van der Waals surface area contributed by atoms with Crippen LogP contribution in [0.25, 0.3) is 0 Å². The Morgan fingerprint density at radius 3 is 2.41 bits per heavy atom. The first-order chi connectivity index (χ1) is 13.0. The van der Waals surface area contributed by atoms with Gasteiger partial charge in [0.15, 0.2) is 0 Å². The standard InChI is InChI=1S/C21H18Cl2FNO2/c1-26-19-7-5-18(6-8-19)25-12-15-10-16(22)3-9-21(15)27-13-14-2-4-17(24)11-20(14)23/h2-11,25H,12-13H2,1H3. The molecule has 0 unspecified atom stereocenters. The van der Waals surface area contributed by atoms with Crippen molar-refractivity contribution in [2.24, 2.45) is 0 Å². The Hall–Kier alpha value is -2.43. The second kappa shape index (κ2) is 8.98. The number of hydrogen-bond acceptors (Lipinski definition) is 3. The fourth-order valence-corrected chi connectivity index (χ4v) is 2.94. The van der Waals surface area contributed by atoms with Crippen molar-refractivity contribution in [1.29, 1.82) is 0 Å². The molecule has 0 aliphatic rings. The third-order valence-corrected chi connectivity index (χ3v) is 4.58. The van der Waals surface area contributed by atoms with Crippen molar-refractivity contribution in [3.05, 3.63) is 87.7 Å². The molecule has 140 valence electrons. The van der Waals surface area contributed by atoms with Crippen LogP contribution in [0.2, 0.25) is 10.0 Å². The summed E-state index contributed by atoms with van der Waals surface area (Å²) in [7, 11) is 1.63. The minimum atomic E-state index is -0.375. The molecule has 3 nitrogen and oxygen atoms in total. The molecule has 27 heavy (non-hydrogen) atoms. The summed E-state index contributed by atoms with van der Waals surface area (Å²) in [6, 6.07) is 17.3. The van der Waals surface area contributed by atoms with E-state index in [4.69, 9.17) is 32.7 Å². The molecule has 0 atom stereocenters. The Balaban J connectivity index is 1.70. The van der Waals surface area contributed by atoms with Gasteiger partial charge in [0.2, 0.25) is 0 Å². The number of benzene rings is 3. The Morgan fingerprint density at radius 2 is 1.70 bits per heavy atom. The predicted octanol–water partition coefficient (Wildman–Crippen LogP) is 6.33. The van der Waals surface area contributed by atoms with E-state index in [2.05, 4.69) is 5.32 Å². The Morgan fingerprint density at radius 1 is 0.926 bits per heavy atom. The lowest BCUT2D eigenvalue weighted by Crippen LogP contribution is -2.04. The number of methoxy groups -OCH3 is 1. The molecule has 3 rings (SSSR count). The molecule has 3 aromatic rings. The van der Waals surface area contributed by atoms with Gasteiger partial charge in [-0.05, 0) is 54.6 Å². The summed E-state index contributed by atoms with van der Waals surface area (Å²) in [6.07, 6.45) is 0. The van der Waals surface area contributed by atoms with Crippen molar-refractivity contribution >= 4 is 28.9 Å². The van der Waals surface area contributed by atoms with Crippen molar-refractivity contribution in [2.45, 2.75) is 13.2 Å². The molecule has 0 bridgehead atoms. The second-order valence-electron chi connectivity index (χ2n) is 5.86. The third-order valence-electron chi connectivity index (χ3n) is 3.99. The van der Waals surface area contributed by atoms with E-state index in [0.717, 1.165) is 17.0 Å². The van der Waals surface area contributed by atoms with Gasteiger partial charge in [0.1, 0.15) is 23.9 Å². The van der Waals surface area contributed by atoms with Crippen molar-refractivity contribution in [2.75, 3.05) is 12.4 Å². The Labute approximate surface area is 167 Å².